The smallest absolute Gasteiger partial charge is 0.262 e. The van der Waals surface area contributed by atoms with Gasteiger partial charge in [0.1, 0.15) is 5.75 Å². The first-order chi connectivity index (χ1) is 14.1. The molecule has 0 atom stereocenters. The number of nitrogens with one attached hydrogen (secondary N) is 1. The Morgan fingerprint density at radius 1 is 1.00 bits per heavy atom. The van der Waals surface area contributed by atoms with Crippen molar-refractivity contribution < 1.29 is 19.0 Å². The summed E-state index contributed by atoms with van der Waals surface area (Å²) in [5.74, 6) is 2.59. The Morgan fingerprint density at radius 3 is 2.48 bits per heavy atom. The first-order valence-corrected chi connectivity index (χ1v) is 10.4. The summed E-state index contributed by atoms with van der Waals surface area (Å²) in [4.78, 5) is 12.2. The van der Waals surface area contributed by atoms with Crippen molar-refractivity contribution >= 4 is 11.6 Å². The van der Waals surface area contributed by atoms with Crippen molar-refractivity contribution in [3.05, 3.63) is 48.0 Å². The second-order valence-corrected chi connectivity index (χ2v) is 7.66. The van der Waals surface area contributed by atoms with Crippen LogP contribution in [0.5, 0.6) is 17.2 Å². The average Bonchev–Trinajstić information content (AvgIpc) is 2.75. The minimum Gasteiger partial charge on any atom is -0.494 e. The number of carbonyl (C=O) groups is 1. The SMILES string of the molecule is COc1cc(C)ccc1OCC(=O)Nc1ccc(OCCC2CCCCC2)cc1. The summed E-state index contributed by atoms with van der Waals surface area (Å²) in [6, 6.07) is 13.1. The van der Waals surface area contributed by atoms with E-state index in [1.165, 1.54) is 32.1 Å². The van der Waals surface area contributed by atoms with E-state index in [-0.39, 0.29) is 12.5 Å². The molecule has 0 spiro atoms. The van der Waals surface area contributed by atoms with E-state index in [0.29, 0.717) is 17.2 Å². The molecule has 0 heterocycles. The third kappa shape index (κ3) is 6.70. The molecular formula is C24H31NO4. The summed E-state index contributed by atoms with van der Waals surface area (Å²) < 4.78 is 16.7. The molecule has 1 aliphatic rings. The maximum Gasteiger partial charge on any atom is 0.262 e. The molecule has 1 fully saturated rings. The van der Waals surface area contributed by atoms with Gasteiger partial charge in [0.05, 0.1) is 13.7 Å². The molecule has 2 aromatic carbocycles. The molecule has 0 bridgehead atoms. The molecule has 0 radical (unpaired) electrons. The predicted octanol–water partition coefficient (Wildman–Crippen LogP) is 5.37. The molecule has 5 heteroatoms. The number of benzene rings is 2. The Bertz CT molecular complexity index is 782. The summed E-state index contributed by atoms with van der Waals surface area (Å²) in [5.41, 5.74) is 1.79. The standard InChI is InChI=1S/C24H31NO4/c1-18-8-13-22(23(16-18)27-2)29-17-24(26)25-20-9-11-21(12-10-20)28-15-14-19-6-4-3-5-7-19/h8-13,16,19H,3-7,14-15,17H2,1-2H3,(H,25,26). The Kier molecular flexibility index (Phi) is 7.79. The topological polar surface area (TPSA) is 56.8 Å². The number of ether oxygens (including phenoxy) is 3. The zero-order chi connectivity index (χ0) is 20.5. The van der Waals surface area contributed by atoms with Crippen LogP contribution in [0.25, 0.3) is 0 Å². The highest BCUT2D eigenvalue weighted by Gasteiger charge is 2.13. The summed E-state index contributed by atoms with van der Waals surface area (Å²) in [6.45, 7) is 2.64. The van der Waals surface area contributed by atoms with E-state index < -0.39 is 0 Å². The number of anilines is 1. The van der Waals surface area contributed by atoms with E-state index in [1.54, 1.807) is 13.2 Å². The Morgan fingerprint density at radius 2 is 1.76 bits per heavy atom. The van der Waals surface area contributed by atoms with Crippen LogP contribution in [0.4, 0.5) is 5.69 Å². The van der Waals surface area contributed by atoms with E-state index >= 15 is 0 Å². The van der Waals surface area contributed by atoms with Crippen LogP contribution in [0, 0.1) is 12.8 Å². The molecule has 29 heavy (non-hydrogen) atoms. The minimum absolute atomic E-state index is 0.0843. The van der Waals surface area contributed by atoms with Gasteiger partial charge in [-0.1, -0.05) is 38.2 Å². The number of hydrogen-bond acceptors (Lipinski definition) is 4. The fourth-order valence-electron chi connectivity index (χ4n) is 3.69. The lowest BCUT2D eigenvalue weighted by atomic mass is 9.87. The highest BCUT2D eigenvalue weighted by Crippen LogP contribution is 2.28. The van der Waals surface area contributed by atoms with Crippen molar-refractivity contribution in [3.63, 3.8) is 0 Å². The van der Waals surface area contributed by atoms with Gasteiger partial charge in [-0.05, 0) is 61.2 Å². The third-order valence-corrected chi connectivity index (χ3v) is 5.34. The average molecular weight is 398 g/mol. The summed E-state index contributed by atoms with van der Waals surface area (Å²) >= 11 is 0. The summed E-state index contributed by atoms with van der Waals surface area (Å²) in [5, 5.41) is 2.84. The molecule has 0 aliphatic heterocycles. The Hall–Kier alpha value is -2.69. The number of aryl methyl sites for hydroxylation is 1. The molecule has 0 aromatic heterocycles. The largest absolute Gasteiger partial charge is 0.494 e. The van der Waals surface area contributed by atoms with Crippen LogP contribution in [0.2, 0.25) is 0 Å². The normalized spacial score (nSPS) is 14.3. The van der Waals surface area contributed by atoms with E-state index in [9.17, 15) is 4.79 Å². The number of carbonyl (C=O) groups excluding carboxylic acids is 1. The van der Waals surface area contributed by atoms with Crippen molar-refractivity contribution in [1.82, 2.24) is 0 Å². The van der Waals surface area contributed by atoms with Gasteiger partial charge >= 0.3 is 0 Å². The van der Waals surface area contributed by atoms with Crippen molar-refractivity contribution in [3.8, 4) is 17.2 Å². The fraction of sp³-hybridized carbons (Fsp3) is 0.458. The van der Waals surface area contributed by atoms with Gasteiger partial charge in [-0.3, -0.25) is 4.79 Å². The second-order valence-electron chi connectivity index (χ2n) is 7.66. The molecule has 156 valence electrons. The van der Waals surface area contributed by atoms with Crippen molar-refractivity contribution in [2.24, 2.45) is 5.92 Å². The maximum atomic E-state index is 12.2. The first kappa shape index (κ1) is 21.0. The van der Waals surface area contributed by atoms with Gasteiger partial charge in [-0.25, -0.2) is 0 Å². The second kappa shape index (κ2) is 10.7. The Balaban J connectivity index is 1.41. The molecule has 5 nitrogen and oxygen atoms in total. The fourth-order valence-corrected chi connectivity index (χ4v) is 3.69. The molecule has 1 amide bonds. The van der Waals surface area contributed by atoms with Gasteiger partial charge < -0.3 is 19.5 Å². The van der Waals surface area contributed by atoms with Crippen LogP contribution in [0.15, 0.2) is 42.5 Å². The monoisotopic (exact) mass is 397 g/mol. The summed E-state index contributed by atoms with van der Waals surface area (Å²) in [6.07, 6.45) is 7.90. The zero-order valence-electron chi connectivity index (χ0n) is 17.4. The van der Waals surface area contributed by atoms with E-state index in [4.69, 9.17) is 14.2 Å². The molecule has 1 saturated carbocycles. The highest BCUT2D eigenvalue weighted by molar-refractivity contribution is 5.91. The molecule has 3 rings (SSSR count). The third-order valence-electron chi connectivity index (χ3n) is 5.34. The van der Waals surface area contributed by atoms with Gasteiger partial charge in [0.2, 0.25) is 0 Å². The lowest BCUT2D eigenvalue weighted by Gasteiger charge is -2.21. The van der Waals surface area contributed by atoms with E-state index in [0.717, 1.165) is 30.3 Å². The predicted molar refractivity (Wildman–Crippen MR) is 115 cm³/mol. The van der Waals surface area contributed by atoms with Gasteiger partial charge in [0.25, 0.3) is 5.91 Å². The number of hydrogen-bond donors (Lipinski definition) is 1. The lowest BCUT2D eigenvalue weighted by Crippen LogP contribution is -2.20. The molecule has 0 unspecified atom stereocenters. The zero-order valence-corrected chi connectivity index (χ0v) is 17.4. The molecule has 1 aliphatic carbocycles. The van der Waals surface area contributed by atoms with Crippen molar-refractivity contribution in [2.45, 2.75) is 45.4 Å². The van der Waals surface area contributed by atoms with Crippen LogP contribution in [-0.2, 0) is 4.79 Å². The maximum absolute atomic E-state index is 12.2. The van der Waals surface area contributed by atoms with Gasteiger partial charge in [-0.15, -0.1) is 0 Å². The minimum atomic E-state index is -0.224. The van der Waals surface area contributed by atoms with Crippen molar-refractivity contribution in [2.75, 3.05) is 25.6 Å². The van der Waals surface area contributed by atoms with Crippen LogP contribution in [-0.4, -0.2) is 26.2 Å². The van der Waals surface area contributed by atoms with Gasteiger partial charge in [0, 0.05) is 5.69 Å². The van der Waals surface area contributed by atoms with Crippen LogP contribution in [0.3, 0.4) is 0 Å². The number of amides is 1. The number of rotatable bonds is 9. The highest BCUT2D eigenvalue weighted by atomic mass is 16.5. The summed E-state index contributed by atoms with van der Waals surface area (Å²) in [7, 11) is 1.58. The van der Waals surface area contributed by atoms with Gasteiger partial charge in [-0.2, -0.15) is 0 Å². The quantitative estimate of drug-likeness (QED) is 0.618. The number of methoxy groups -OCH3 is 1. The Labute approximate surface area is 173 Å². The van der Waals surface area contributed by atoms with Crippen molar-refractivity contribution in [1.29, 1.82) is 0 Å². The van der Waals surface area contributed by atoms with Gasteiger partial charge in [0.15, 0.2) is 18.1 Å². The molecular weight excluding hydrogens is 366 g/mol. The molecule has 0 saturated heterocycles. The van der Waals surface area contributed by atoms with Crippen LogP contribution < -0.4 is 19.5 Å². The van der Waals surface area contributed by atoms with Crippen LogP contribution >= 0.6 is 0 Å². The molecule has 2 aromatic rings. The lowest BCUT2D eigenvalue weighted by molar-refractivity contribution is -0.118. The van der Waals surface area contributed by atoms with E-state index in [2.05, 4.69) is 5.32 Å². The molecule has 1 N–H and O–H groups in total. The van der Waals surface area contributed by atoms with E-state index in [1.807, 2.05) is 43.3 Å². The first-order valence-electron chi connectivity index (χ1n) is 10.4. The van der Waals surface area contributed by atoms with Crippen LogP contribution in [0.1, 0.15) is 44.1 Å².